The van der Waals surface area contributed by atoms with Crippen LogP contribution in [0.15, 0.2) is 115 Å². The number of aromatic nitrogens is 1. The molecular formula is C28H20N2O4. The maximum absolute atomic E-state index is 13.2. The molecule has 1 aliphatic rings. The predicted molar refractivity (Wildman–Crippen MR) is 128 cm³/mol. The Morgan fingerprint density at radius 1 is 0.794 bits per heavy atom. The summed E-state index contributed by atoms with van der Waals surface area (Å²) in [7, 11) is 0. The van der Waals surface area contributed by atoms with Crippen LogP contribution in [0, 0.1) is 0 Å². The van der Waals surface area contributed by atoms with Crippen LogP contribution >= 0.6 is 0 Å². The molecule has 166 valence electrons. The highest BCUT2D eigenvalue weighted by molar-refractivity contribution is 6.51. The molecule has 1 atom stereocenters. The van der Waals surface area contributed by atoms with Crippen molar-refractivity contribution in [2.45, 2.75) is 6.04 Å². The minimum Gasteiger partial charge on any atom is -0.507 e. The number of carbonyl (C=O) groups is 2. The highest BCUT2D eigenvalue weighted by Gasteiger charge is 2.47. The van der Waals surface area contributed by atoms with Gasteiger partial charge in [-0.2, -0.15) is 0 Å². The normalized spacial score (nSPS) is 17.1. The quantitative estimate of drug-likeness (QED) is 0.248. The van der Waals surface area contributed by atoms with Gasteiger partial charge >= 0.3 is 5.91 Å². The summed E-state index contributed by atoms with van der Waals surface area (Å²) in [5, 5.41) is 11.1. The second-order valence-electron chi connectivity index (χ2n) is 7.71. The second kappa shape index (κ2) is 9.03. The highest BCUT2D eigenvalue weighted by atomic mass is 16.5. The number of ketones is 1. The van der Waals surface area contributed by atoms with Crippen molar-refractivity contribution < 1.29 is 19.4 Å². The van der Waals surface area contributed by atoms with E-state index in [1.807, 2.05) is 36.4 Å². The van der Waals surface area contributed by atoms with Crippen molar-refractivity contribution in [1.29, 1.82) is 0 Å². The van der Waals surface area contributed by atoms with Gasteiger partial charge in [-0.1, -0.05) is 66.7 Å². The van der Waals surface area contributed by atoms with E-state index in [2.05, 4.69) is 4.98 Å². The van der Waals surface area contributed by atoms with Gasteiger partial charge in [0, 0.05) is 11.8 Å². The molecule has 3 aromatic carbocycles. The second-order valence-corrected chi connectivity index (χ2v) is 7.71. The third kappa shape index (κ3) is 3.93. The van der Waals surface area contributed by atoms with Crippen molar-refractivity contribution in [2.24, 2.45) is 0 Å². The number of hydrogen-bond acceptors (Lipinski definition) is 5. The zero-order valence-corrected chi connectivity index (χ0v) is 18.0. The Kier molecular flexibility index (Phi) is 5.62. The van der Waals surface area contributed by atoms with E-state index < -0.39 is 17.7 Å². The van der Waals surface area contributed by atoms with E-state index in [9.17, 15) is 14.7 Å². The van der Waals surface area contributed by atoms with E-state index in [1.165, 1.54) is 4.90 Å². The number of Topliss-reactive ketones (excluding diaryl/α,β-unsaturated/α-hetero) is 1. The number of anilines is 1. The van der Waals surface area contributed by atoms with Crippen molar-refractivity contribution in [3.63, 3.8) is 0 Å². The molecule has 6 heteroatoms. The summed E-state index contributed by atoms with van der Waals surface area (Å²) in [6.07, 6.45) is 1.55. The van der Waals surface area contributed by atoms with Gasteiger partial charge in [0.05, 0.1) is 11.6 Å². The molecule has 1 saturated heterocycles. The predicted octanol–water partition coefficient (Wildman–Crippen LogP) is 5.50. The number of benzene rings is 3. The molecule has 0 radical (unpaired) electrons. The summed E-state index contributed by atoms with van der Waals surface area (Å²) in [5.74, 6) is -0.257. The molecule has 5 rings (SSSR count). The van der Waals surface area contributed by atoms with Crippen molar-refractivity contribution in [3.8, 4) is 11.5 Å². The fourth-order valence-electron chi connectivity index (χ4n) is 4.00. The SMILES string of the molecule is O=C1C(=O)N(c2ccccn2)C(c2cccc(Oc3ccccc3)c2)C1=C(O)c1ccccc1. The Morgan fingerprint density at radius 2 is 1.47 bits per heavy atom. The Morgan fingerprint density at radius 3 is 2.18 bits per heavy atom. The Hall–Kier alpha value is -4.71. The number of ether oxygens (including phenoxy) is 1. The lowest BCUT2D eigenvalue weighted by Crippen LogP contribution is -2.30. The monoisotopic (exact) mass is 448 g/mol. The average Bonchev–Trinajstić information content (AvgIpc) is 3.16. The summed E-state index contributed by atoms with van der Waals surface area (Å²) in [4.78, 5) is 32.0. The lowest BCUT2D eigenvalue weighted by Gasteiger charge is -2.24. The molecule has 1 amide bonds. The molecule has 1 fully saturated rings. The van der Waals surface area contributed by atoms with Crippen LogP contribution in [0.3, 0.4) is 0 Å². The van der Waals surface area contributed by atoms with Crippen LogP contribution in [0.4, 0.5) is 5.82 Å². The van der Waals surface area contributed by atoms with Crippen molar-refractivity contribution in [1.82, 2.24) is 4.98 Å². The van der Waals surface area contributed by atoms with E-state index >= 15 is 0 Å². The number of hydrogen-bond donors (Lipinski definition) is 1. The van der Waals surface area contributed by atoms with E-state index in [-0.39, 0.29) is 11.3 Å². The van der Waals surface area contributed by atoms with Gasteiger partial charge in [-0.25, -0.2) is 4.98 Å². The van der Waals surface area contributed by atoms with Gasteiger partial charge in [0.15, 0.2) is 0 Å². The maximum Gasteiger partial charge on any atom is 0.301 e. The van der Waals surface area contributed by atoms with Gasteiger partial charge in [0.25, 0.3) is 5.78 Å². The van der Waals surface area contributed by atoms with E-state index in [0.29, 0.717) is 28.4 Å². The number of carbonyl (C=O) groups excluding carboxylic acids is 2. The number of para-hydroxylation sites is 1. The lowest BCUT2D eigenvalue weighted by atomic mass is 9.95. The molecule has 0 spiro atoms. The van der Waals surface area contributed by atoms with Gasteiger partial charge in [-0.05, 0) is 42.0 Å². The highest BCUT2D eigenvalue weighted by Crippen LogP contribution is 2.42. The van der Waals surface area contributed by atoms with Gasteiger partial charge in [0.1, 0.15) is 23.1 Å². The third-order valence-corrected chi connectivity index (χ3v) is 5.54. The van der Waals surface area contributed by atoms with Crippen LogP contribution in [-0.4, -0.2) is 21.8 Å². The molecule has 0 saturated carbocycles. The molecule has 2 heterocycles. The van der Waals surface area contributed by atoms with Crippen LogP contribution in [0.2, 0.25) is 0 Å². The first kappa shape index (κ1) is 21.2. The zero-order chi connectivity index (χ0) is 23.5. The van der Waals surface area contributed by atoms with Crippen molar-refractivity contribution >= 4 is 23.3 Å². The minimum atomic E-state index is -0.880. The summed E-state index contributed by atoms with van der Waals surface area (Å²) >= 11 is 0. The van der Waals surface area contributed by atoms with E-state index in [1.54, 1.807) is 72.9 Å². The number of pyridine rings is 1. The standard InChI is InChI=1S/C28H20N2O4/c31-26(19-10-3-1-4-11-19)24-25(30(28(33)27(24)32)23-16-7-8-17-29-23)20-12-9-15-22(18-20)34-21-13-5-2-6-14-21/h1-18,25,31H. The topological polar surface area (TPSA) is 79.7 Å². The van der Waals surface area contributed by atoms with Gasteiger partial charge in [-0.15, -0.1) is 0 Å². The molecule has 6 nitrogen and oxygen atoms in total. The minimum absolute atomic E-state index is 0.00119. The van der Waals surface area contributed by atoms with Crippen LogP contribution in [-0.2, 0) is 9.59 Å². The van der Waals surface area contributed by atoms with Crippen LogP contribution in [0.25, 0.3) is 5.76 Å². The molecule has 34 heavy (non-hydrogen) atoms. The fourth-order valence-corrected chi connectivity index (χ4v) is 4.00. The van der Waals surface area contributed by atoms with Crippen molar-refractivity contribution in [3.05, 3.63) is 126 Å². The van der Waals surface area contributed by atoms with Crippen molar-refractivity contribution in [2.75, 3.05) is 4.90 Å². The number of nitrogens with zero attached hydrogens (tertiary/aromatic N) is 2. The van der Waals surface area contributed by atoms with Gasteiger partial charge < -0.3 is 9.84 Å². The first-order valence-corrected chi connectivity index (χ1v) is 10.7. The van der Waals surface area contributed by atoms with Crippen LogP contribution in [0.1, 0.15) is 17.2 Å². The summed E-state index contributed by atoms with van der Waals surface area (Å²) in [6, 6.07) is 29.4. The lowest BCUT2D eigenvalue weighted by molar-refractivity contribution is -0.132. The average molecular weight is 448 g/mol. The molecule has 0 aliphatic carbocycles. The molecule has 0 bridgehead atoms. The number of aliphatic hydroxyl groups excluding tert-OH is 1. The molecule has 1 aromatic heterocycles. The number of aliphatic hydroxyl groups is 1. The summed E-state index contributed by atoms with van der Waals surface area (Å²) in [6.45, 7) is 0. The molecule has 4 aromatic rings. The van der Waals surface area contributed by atoms with Crippen LogP contribution in [0.5, 0.6) is 11.5 Å². The van der Waals surface area contributed by atoms with Gasteiger partial charge in [0.2, 0.25) is 0 Å². The van der Waals surface area contributed by atoms with Crippen LogP contribution < -0.4 is 9.64 Å². The first-order valence-electron chi connectivity index (χ1n) is 10.7. The third-order valence-electron chi connectivity index (χ3n) is 5.54. The Balaban J connectivity index is 1.66. The molecule has 1 N–H and O–H groups in total. The zero-order valence-electron chi connectivity index (χ0n) is 18.0. The maximum atomic E-state index is 13.2. The summed E-state index contributed by atoms with van der Waals surface area (Å²) in [5.41, 5.74) is 1.05. The summed E-state index contributed by atoms with van der Waals surface area (Å²) < 4.78 is 5.97. The fraction of sp³-hybridized carbons (Fsp3) is 0.0357. The number of amides is 1. The van der Waals surface area contributed by atoms with E-state index in [4.69, 9.17) is 4.74 Å². The molecule has 1 aliphatic heterocycles. The molecule has 1 unspecified atom stereocenters. The largest absolute Gasteiger partial charge is 0.507 e. The molecular weight excluding hydrogens is 428 g/mol. The number of rotatable bonds is 5. The van der Waals surface area contributed by atoms with E-state index in [0.717, 1.165) is 0 Å². The Bertz CT molecular complexity index is 1370. The Labute approximate surface area is 196 Å². The van der Waals surface area contributed by atoms with Gasteiger partial charge in [-0.3, -0.25) is 14.5 Å². The first-order chi connectivity index (χ1) is 16.6. The smallest absolute Gasteiger partial charge is 0.301 e.